The van der Waals surface area contributed by atoms with Crippen LogP contribution in [0.2, 0.25) is 0 Å². The van der Waals surface area contributed by atoms with Crippen LogP contribution in [0.15, 0.2) is 34.2 Å². The Balaban J connectivity index is 1.73. The quantitative estimate of drug-likeness (QED) is 0.724. The number of carbonyl (C=O) groups excluding carboxylic acids is 1. The van der Waals surface area contributed by atoms with Crippen molar-refractivity contribution in [2.45, 2.75) is 36.1 Å². The summed E-state index contributed by atoms with van der Waals surface area (Å²) >= 11 is 0. The minimum Gasteiger partial charge on any atom is -0.348 e. The van der Waals surface area contributed by atoms with Crippen LogP contribution in [0.5, 0.6) is 0 Å². The molecule has 0 unspecified atom stereocenters. The van der Waals surface area contributed by atoms with Gasteiger partial charge in [0.25, 0.3) is 10.0 Å². The van der Waals surface area contributed by atoms with Gasteiger partial charge in [0.2, 0.25) is 5.91 Å². The van der Waals surface area contributed by atoms with Gasteiger partial charge in [-0.1, -0.05) is 25.0 Å². The third-order valence-corrected chi connectivity index (χ3v) is 5.80. The molecule has 0 bridgehead atoms. The highest BCUT2D eigenvalue weighted by atomic mass is 32.2. The molecule has 124 valence electrons. The van der Waals surface area contributed by atoms with E-state index in [0.29, 0.717) is 12.1 Å². The number of nitrogens with two attached hydrogens (primary N) is 1. The molecule has 1 aromatic rings. The van der Waals surface area contributed by atoms with Crippen molar-refractivity contribution in [1.29, 1.82) is 0 Å². The van der Waals surface area contributed by atoms with Crippen molar-refractivity contribution in [1.82, 2.24) is 10.0 Å². The first kappa shape index (κ1) is 15.9. The van der Waals surface area contributed by atoms with Gasteiger partial charge in [-0.25, -0.2) is 8.42 Å². The maximum Gasteiger partial charge on any atom is 0.263 e. The molecule has 4 N–H and O–H groups in total. The van der Waals surface area contributed by atoms with E-state index in [2.05, 4.69) is 15.0 Å². The minimum absolute atomic E-state index is 0.131. The zero-order chi connectivity index (χ0) is 16.5. The zero-order valence-electron chi connectivity index (χ0n) is 12.7. The van der Waals surface area contributed by atoms with Crippen molar-refractivity contribution >= 4 is 21.8 Å². The normalized spacial score (nSPS) is 22.6. The number of hydrogen-bond donors (Lipinski definition) is 3. The summed E-state index contributed by atoms with van der Waals surface area (Å²) in [7, 11) is -3.57. The molecular weight excluding hydrogens is 316 g/mol. The highest BCUT2D eigenvalue weighted by Crippen LogP contribution is 2.28. The largest absolute Gasteiger partial charge is 0.348 e. The Morgan fingerprint density at radius 3 is 2.70 bits per heavy atom. The van der Waals surface area contributed by atoms with Gasteiger partial charge in [-0.2, -0.15) is 0 Å². The standard InChI is InChI=1S/C15H20N4O3S/c16-10-15(7-3-4-8-15)18-13(20)9-17-14-11-5-1-2-6-12(11)23(21,22)19-14/h1-2,5-6H,3-4,7-10,16H2,(H,17,19)(H,18,20). The van der Waals surface area contributed by atoms with Crippen LogP contribution in [0.4, 0.5) is 0 Å². The summed E-state index contributed by atoms with van der Waals surface area (Å²) < 4.78 is 26.3. The molecule has 3 rings (SSSR count). The van der Waals surface area contributed by atoms with Crippen molar-refractivity contribution < 1.29 is 13.2 Å². The number of carbonyl (C=O) groups is 1. The topological polar surface area (TPSA) is 114 Å². The van der Waals surface area contributed by atoms with Crippen LogP contribution in [-0.4, -0.2) is 38.8 Å². The van der Waals surface area contributed by atoms with Crippen molar-refractivity contribution in [2.24, 2.45) is 10.7 Å². The van der Waals surface area contributed by atoms with Gasteiger partial charge in [-0.05, 0) is 25.0 Å². The molecule has 1 aromatic carbocycles. The van der Waals surface area contributed by atoms with Crippen LogP contribution in [-0.2, 0) is 14.8 Å². The fourth-order valence-corrected chi connectivity index (χ4v) is 4.42. The van der Waals surface area contributed by atoms with Crippen LogP contribution in [0.3, 0.4) is 0 Å². The smallest absolute Gasteiger partial charge is 0.263 e. The molecule has 1 amide bonds. The number of nitrogens with one attached hydrogen (secondary N) is 2. The monoisotopic (exact) mass is 336 g/mol. The van der Waals surface area contributed by atoms with Crippen LogP contribution in [0, 0.1) is 0 Å². The molecule has 1 aliphatic heterocycles. The van der Waals surface area contributed by atoms with Crippen molar-refractivity contribution in [3.8, 4) is 0 Å². The molecule has 0 radical (unpaired) electrons. The van der Waals surface area contributed by atoms with Crippen LogP contribution in [0.25, 0.3) is 0 Å². The van der Waals surface area contributed by atoms with Crippen molar-refractivity contribution in [2.75, 3.05) is 13.1 Å². The number of aliphatic imine (C=N–C) groups is 1. The Morgan fingerprint density at radius 2 is 2.00 bits per heavy atom. The lowest BCUT2D eigenvalue weighted by molar-refractivity contribution is -0.121. The van der Waals surface area contributed by atoms with E-state index in [0.717, 1.165) is 25.7 Å². The number of amides is 1. The van der Waals surface area contributed by atoms with Crippen molar-refractivity contribution in [3.63, 3.8) is 0 Å². The maximum atomic E-state index is 12.1. The van der Waals surface area contributed by atoms with E-state index in [-0.39, 0.29) is 28.7 Å². The molecule has 1 heterocycles. The van der Waals surface area contributed by atoms with Gasteiger partial charge in [-0.3, -0.25) is 14.5 Å². The highest BCUT2D eigenvalue weighted by molar-refractivity contribution is 7.90. The van der Waals surface area contributed by atoms with E-state index >= 15 is 0 Å². The third-order valence-electron chi connectivity index (χ3n) is 4.40. The van der Waals surface area contributed by atoms with Gasteiger partial charge >= 0.3 is 0 Å². The summed E-state index contributed by atoms with van der Waals surface area (Å²) in [6, 6.07) is 6.57. The molecule has 1 saturated carbocycles. The van der Waals surface area contributed by atoms with E-state index in [1.165, 1.54) is 6.07 Å². The van der Waals surface area contributed by atoms with Gasteiger partial charge in [-0.15, -0.1) is 0 Å². The highest BCUT2D eigenvalue weighted by Gasteiger charge is 2.34. The average molecular weight is 336 g/mol. The lowest BCUT2D eigenvalue weighted by Gasteiger charge is -2.28. The first-order chi connectivity index (χ1) is 11.0. The second kappa shape index (κ2) is 5.93. The van der Waals surface area contributed by atoms with Crippen LogP contribution < -0.4 is 15.8 Å². The van der Waals surface area contributed by atoms with E-state index in [1.54, 1.807) is 18.2 Å². The minimum atomic E-state index is -3.57. The number of nitrogens with zero attached hydrogens (tertiary/aromatic N) is 1. The molecule has 1 fully saturated rings. The Morgan fingerprint density at radius 1 is 1.30 bits per heavy atom. The second-order valence-electron chi connectivity index (χ2n) is 6.01. The second-order valence-corrected chi connectivity index (χ2v) is 7.66. The van der Waals surface area contributed by atoms with Crippen LogP contribution in [0.1, 0.15) is 31.2 Å². The lowest BCUT2D eigenvalue weighted by atomic mass is 9.98. The van der Waals surface area contributed by atoms with Gasteiger partial charge < -0.3 is 11.1 Å². The predicted molar refractivity (Wildman–Crippen MR) is 86.6 cm³/mol. The predicted octanol–water partition coefficient (Wildman–Crippen LogP) is 0.113. The van der Waals surface area contributed by atoms with Gasteiger partial charge in [0.15, 0.2) is 0 Å². The summed E-state index contributed by atoms with van der Waals surface area (Å²) in [5.74, 6) is -0.0302. The summed E-state index contributed by atoms with van der Waals surface area (Å²) in [5, 5.41) is 2.96. The Kier molecular flexibility index (Phi) is 4.11. The number of sulfonamides is 1. The molecule has 1 aliphatic carbocycles. The average Bonchev–Trinajstić information content (AvgIpc) is 3.09. The number of benzene rings is 1. The zero-order valence-corrected chi connectivity index (χ0v) is 13.5. The fourth-order valence-electron chi connectivity index (χ4n) is 3.17. The lowest BCUT2D eigenvalue weighted by Crippen LogP contribution is -2.52. The molecule has 8 heteroatoms. The molecule has 23 heavy (non-hydrogen) atoms. The number of rotatable bonds is 4. The Bertz CT molecular complexity index is 752. The van der Waals surface area contributed by atoms with Crippen LogP contribution >= 0.6 is 0 Å². The fraction of sp³-hybridized carbons (Fsp3) is 0.467. The Hall–Kier alpha value is -1.93. The van der Waals surface area contributed by atoms with Crippen molar-refractivity contribution in [3.05, 3.63) is 29.8 Å². The summed E-state index contributed by atoms with van der Waals surface area (Å²) in [4.78, 5) is 16.5. The number of amidine groups is 1. The molecule has 0 atom stereocenters. The molecule has 0 saturated heterocycles. The molecule has 0 spiro atoms. The maximum absolute atomic E-state index is 12.1. The molecular formula is C15H20N4O3S. The van der Waals surface area contributed by atoms with Gasteiger partial charge in [0.05, 0.1) is 10.4 Å². The van der Waals surface area contributed by atoms with E-state index in [4.69, 9.17) is 5.73 Å². The Labute approximate surface area is 135 Å². The number of hydrogen-bond acceptors (Lipinski definition) is 5. The van der Waals surface area contributed by atoms with E-state index in [9.17, 15) is 13.2 Å². The van der Waals surface area contributed by atoms with E-state index in [1.807, 2.05) is 0 Å². The molecule has 7 nitrogen and oxygen atoms in total. The summed E-state index contributed by atoms with van der Waals surface area (Å²) in [5.41, 5.74) is 5.96. The van der Waals surface area contributed by atoms with E-state index < -0.39 is 10.0 Å². The molecule has 0 aromatic heterocycles. The third kappa shape index (κ3) is 3.09. The van der Waals surface area contributed by atoms with Gasteiger partial charge in [0.1, 0.15) is 12.4 Å². The summed E-state index contributed by atoms with van der Waals surface area (Å²) in [6.07, 6.45) is 3.86. The van der Waals surface area contributed by atoms with Gasteiger partial charge in [0, 0.05) is 12.1 Å². The first-order valence-electron chi connectivity index (χ1n) is 7.64. The SMILES string of the molecule is NCC1(NC(=O)CN=C2NS(=O)(=O)c3ccccc32)CCCC1. The first-order valence-corrected chi connectivity index (χ1v) is 9.12. The summed E-state index contributed by atoms with van der Waals surface area (Å²) in [6.45, 7) is 0.276. The molecule has 2 aliphatic rings. The number of fused-ring (bicyclic) bond motifs is 1.